The highest BCUT2D eigenvalue weighted by Gasteiger charge is 2.58. The molecule has 164 valence electrons. The van der Waals surface area contributed by atoms with Crippen molar-refractivity contribution < 1.29 is 14.3 Å². The summed E-state index contributed by atoms with van der Waals surface area (Å²) in [6.07, 6.45) is 2.70. The first-order valence-electron chi connectivity index (χ1n) is 10.7. The van der Waals surface area contributed by atoms with Crippen LogP contribution in [0.25, 0.3) is 6.08 Å². The molecule has 0 aliphatic carbocycles. The normalized spacial score (nSPS) is 24.2. The van der Waals surface area contributed by atoms with Crippen LogP contribution in [-0.4, -0.2) is 28.9 Å². The van der Waals surface area contributed by atoms with E-state index in [1.165, 1.54) is 0 Å². The topological polar surface area (TPSA) is 63.2 Å². The standard InChI is InChI=1S/C26H21N3O3S/c1-31-19-13-11-17(12-14-19)15-24-26(27-25(30)33-24)29-22(20-9-5-6-10-23(20)32-26)16-21(28-29)18-7-3-2-4-8-18/h2-15,22H,16H2,1H3,(H,27,30)/b24-15-/t22-,26-/m1/s1. The van der Waals surface area contributed by atoms with Crippen LogP contribution in [0.4, 0.5) is 4.79 Å². The lowest BCUT2D eigenvalue weighted by atomic mass is 9.95. The molecule has 7 heteroatoms. The van der Waals surface area contributed by atoms with Gasteiger partial charge in [-0.2, -0.15) is 5.10 Å². The largest absolute Gasteiger partial charge is 0.497 e. The number of methoxy groups -OCH3 is 1. The number of hydrazone groups is 1. The summed E-state index contributed by atoms with van der Waals surface area (Å²) >= 11 is 1.14. The zero-order chi connectivity index (χ0) is 22.4. The first-order chi connectivity index (χ1) is 16.2. The number of rotatable bonds is 3. The van der Waals surface area contributed by atoms with E-state index in [9.17, 15) is 4.79 Å². The lowest BCUT2D eigenvalue weighted by Crippen LogP contribution is -2.61. The molecular formula is C26H21N3O3S. The minimum Gasteiger partial charge on any atom is -0.497 e. The second kappa shape index (κ2) is 7.71. The summed E-state index contributed by atoms with van der Waals surface area (Å²) in [5.41, 5.74) is 4.04. The third-order valence-electron chi connectivity index (χ3n) is 6.10. The maximum absolute atomic E-state index is 12.7. The summed E-state index contributed by atoms with van der Waals surface area (Å²) in [6, 6.07) is 25.8. The molecule has 0 aromatic heterocycles. The zero-order valence-corrected chi connectivity index (χ0v) is 18.7. The highest BCUT2D eigenvalue weighted by Crippen LogP contribution is 2.52. The van der Waals surface area contributed by atoms with E-state index >= 15 is 0 Å². The molecule has 3 aromatic carbocycles. The molecule has 1 N–H and O–H groups in total. The lowest BCUT2D eigenvalue weighted by Gasteiger charge is -2.45. The van der Waals surface area contributed by atoms with Crippen LogP contribution in [0, 0.1) is 0 Å². The molecule has 0 unspecified atom stereocenters. The number of amides is 1. The van der Waals surface area contributed by atoms with Crippen molar-refractivity contribution in [2.24, 2.45) is 5.10 Å². The smallest absolute Gasteiger partial charge is 0.314 e. The van der Waals surface area contributed by atoms with Crippen LogP contribution in [0.15, 0.2) is 88.9 Å². The van der Waals surface area contributed by atoms with Gasteiger partial charge in [0, 0.05) is 12.0 Å². The van der Waals surface area contributed by atoms with Gasteiger partial charge < -0.3 is 9.47 Å². The quantitative estimate of drug-likeness (QED) is 0.574. The van der Waals surface area contributed by atoms with Gasteiger partial charge in [0.1, 0.15) is 11.5 Å². The van der Waals surface area contributed by atoms with Crippen molar-refractivity contribution in [3.8, 4) is 11.5 Å². The third kappa shape index (κ3) is 3.27. The fraction of sp³-hybridized carbons (Fsp3) is 0.154. The van der Waals surface area contributed by atoms with E-state index in [2.05, 4.69) is 23.5 Å². The first kappa shape index (κ1) is 19.9. The van der Waals surface area contributed by atoms with Gasteiger partial charge in [-0.3, -0.25) is 10.1 Å². The van der Waals surface area contributed by atoms with Gasteiger partial charge in [-0.05, 0) is 47.2 Å². The number of nitrogens with zero attached hydrogens (tertiary/aromatic N) is 2. The summed E-state index contributed by atoms with van der Waals surface area (Å²) < 4.78 is 11.8. The van der Waals surface area contributed by atoms with Crippen molar-refractivity contribution in [3.05, 3.63) is 100 Å². The number of benzene rings is 3. The monoisotopic (exact) mass is 455 g/mol. The average Bonchev–Trinajstić information content (AvgIpc) is 3.43. The average molecular weight is 456 g/mol. The number of nitrogens with one attached hydrogen (secondary N) is 1. The number of para-hydroxylation sites is 1. The fourth-order valence-electron chi connectivity index (χ4n) is 4.52. The zero-order valence-electron chi connectivity index (χ0n) is 17.9. The van der Waals surface area contributed by atoms with Gasteiger partial charge >= 0.3 is 5.85 Å². The van der Waals surface area contributed by atoms with Crippen molar-refractivity contribution in [2.75, 3.05) is 7.11 Å². The van der Waals surface area contributed by atoms with Gasteiger partial charge in [-0.25, -0.2) is 5.01 Å². The van der Waals surface area contributed by atoms with E-state index in [0.29, 0.717) is 0 Å². The number of carbonyl (C=O) groups excluding carboxylic acids is 1. The molecule has 0 bridgehead atoms. The highest BCUT2D eigenvalue weighted by atomic mass is 32.2. The molecule has 1 saturated heterocycles. The van der Waals surface area contributed by atoms with Gasteiger partial charge in [-0.1, -0.05) is 60.7 Å². The van der Waals surface area contributed by atoms with E-state index < -0.39 is 5.85 Å². The maximum atomic E-state index is 12.7. The Morgan fingerprint density at radius 1 is 1.09 bits per heavy atom. The van der Waals surface area contributed by atoms with E-state index in [-0.39, 0.29) is 11.3 Å². The molecule has 6 rings (SSSR count). The number of hydrogen-bond donors (Lipinski definition) is 1. The molecule has 1 fully saturated rings. The molecule has 0 saturated carbocycles. The predicted octanol–water partition coefficient (Wildman–Crippen LogP) is 5.39. The Morgan fingerprint density at radius 2 is 1.85 bits per heavy atom. The summed E-state index contributed by atoms with van der Waals surface area (Å²) in [7, 11) is 1.64. The maximum Gasteiger partial charge on any atom is 0.314 e. The molecule has 33 heavy (non-hydrogen) atoms. The van der Waals surface area contributed by atoms with Crippen LogP contribution in [0.3, 0.4) is 0 Å². The number of ether oxygens (including phenoxy) is 2. The summed E-state index contributed by atoms with van der Waals surface area (Å²) in [5.74, 6) is 0.336. The minimum atomic E-state index is -1.20. The molecule has 3 aromatic rings. The molecular weight excluding hydrogens is 434 g/mol. The molecule has 2 atom stereocenters. The Balaban J connectivity index is 1.49. The van der Waals surface area contributed by atoms with Gasteiger partial charge in [0.05, 0.1) is 23.8 Å². The van der Waals surface area contributed by atoms with Crippen LogP contribution in [0.1, 0.15) is 29.2 Å². The van der Waals surface area contributed by atoms with Crippen molar-refractivity contribution in [2.45, 2.75) is 18.3 Å². The number of hydrogen-bond acceptors (Lipinski definition) is 6. The van der Waals surface area contributed by atoms with Gasteiger partial charge in [0.2, 0.25) is 0 Å². The Kier molecular flexibility index (Phi) is 4.66. The van der Waals surface area contributed by atoms with E-state index in [1.807, 2.05) is 71.7 Å². The van der Waals surface area contributed by atoms with Crippen LogP contribution < -0.4 is 14.8 Å². The summed E-state index contributed by atoms with van der Waals surface area (Å²) in [6.45, 7) is 0. The van der Waals surface area contributed by atoms with Crippen LogP contribution in [0.2, 0.25) is 0 Å². The lowest BCUT2D eigenvalue weighted by molar-refractivity contribution is -0.0949. The van der Waals surface area contributed by atoms with Crippen molar-refractivity contribution in [1.29, 1.82) is 0 Å². The van der Waals surface area contributed by atoms with Gasteiger partial charge in [0.25, 0.3) is 5.24 Å². The molecule has 1 spiro atoms. The van der Waals surface area contributed by atoms with E-state index in [0.717, 1.165) is 57.0 Å². The molecule has 0 radical (unpaired) electrons. The Morgan fingerprint density at radius 3 is 2.64 bits per heavy atom. The van der Waals surface area contributed by atoms with E-state index in [1.54, 1.807) is 7.11 Å². The Bertz CT molecular complexity index is 1290. The highest BCUT2D eigenvalue weighted by molar-refractivity contribution is 8.17. The van der Waals surface area contributed by atoms with Gasteiger partial charge in [-0.15, -0.1) is 0 Å². The second-order valence-electron chi connectivity index (χ2n) is 8.06. The first-order valence-corrected chi connectivity index (χ1v) is 11.5. The van der Waals surface area contributed by atoms with Crippen LogP contribution >= 0.6 is 11.8 Å². The van der Waals surface area contributed by atoms with Crippen molar-refractivity contribution in [1.82, 2.24) is 10.3 Å². The third-order valence-corrected chi connectivity index (χ3v) is 7.00. The fourth-order valence-corrected chi connectivity index (χ4v) is 5.43. The molecule has 3 aliphatic heterocycles. The van der Waals surface area contributed by atoms with Crippen molar-refractivity contribution in [3.63, 3.8) is 0 Å². The number of fused-ring (bicyclic) bond motifs is 4. The van der Waals surface area contributed by atoms with Gasteiger partial charge in [0.15, 0.2) is 0 Å². The minimum absolute atomic E-state index is 0.0524. The van der Waals surface area contributed by atoms with E-state index in [4.69, 9.17) is 14.6 Å². The Hall–Kier alpha value is -3.71. The number of thioether (sulfide) groups is 1. The van der Waals surface area contributed by atoms with Crippen molar-refractivity contribution >= 4 is 28.8 Å². The van der Waals surface area contributed by atoms with Crippen LogP contribution in [-0.2, 0) is 0 Å². The van der Waals surface area contributed by atoms with Crippen LogP contribution in [0.5, 0.6) is 11.5 Å². The molecule has 1 amide bonds. The number of carbonyl (C=O) groups is 1. The predicted molar refractivity (Wildman–Crippen MR) is 129 cm³/mol. The summed E-state index contributed by atoms with van der Waals surface area (Å²) in [5, 5.41) is 9.83. The Labute approximate surface area is 195 Å². The molecule has 6 nitrogen and oxygen atoms in total. The molecule has 3 aliphatic rings. The SMILES string of the molecule is COc1ccc(/C=C2\SC(=O)N[C@]23Oc2ccccc2[C@H]2CC(c4ccccc4)=NN23)cc1. The second-order valence-corrected chi connectivity index (χ2v) is 9.07. The summed E-state index contributed by atoms with van der Waals surface area (Å²) in [4.78, 5) is 13.5. The molecule has 3 heterocycles.